The van der Waals surface area contributed by atoms with Crippen LogP contribution in [-0.2, 0) is 5.54 Å². The zero-order valence-electron chi connectivity index (χ0n) is 15.7. The van der Waals surface area contributed by atoms with E-state index in [4.69, 9.17) is 9.73 Å². The van der Waals surface area contributed by atoms with Crippen LogP contribution in [0.15, 0.2) is 53.5 Å². The van der Waals surface area contributed by atoms with Gasteiger partial charge in [-0.1, -0.05) is 42.1 Å². The van der Waals surface area contributed by atoms with Crippen molar-refractivity contribution in [3.05, 3.63) is 59.7 Å². The number of ether oxygens (including phenoxy) is 1. The number of phenolic OH excluding ortho intramolecular Hbond substituents is 1. The maximum absolute atomic E-state index is 10.0. The molecule has 0 saturated heterocycles. The largest absolute Gasteiger partial charge is 0.508 e. The molecule has 4 nitrogen and oxygen atoms in total. The van der Waals surface area contributed by atoms with Crippen LogP contribution in [0.5, 0.6) is 11.5 Å². The molecule has 1 spiro atoms. The van der Waals surface area contributed by atoms with Gasteiger partial charge in [-0.2, -0.15) is 0 Å². The molecule has 2 N–H and O–H groups in total. The van der Waals surface area contributed by atoms with Gasteiger partial charge in [0.15, 0.2) is 5.17 Å². The fraction of sp³-hybridized carbons (Fsp3) is 0.381. The Morgan fingerprint density at radius 3 is 2.63 bits per heavy atom. The van der Waals surface area contributed by atoms with Crippen LogP contribution in [0.3, 0.4) is 0 Å². The van der Waals surface area contributed by atoms with Crippen molar-refractivity contribution in [3.63, 3.8) is 0 Å². The highest BCUT2D eigenvalue weighted by atomic mass is 127. The minimum absolute atomic E-state index is 0. The minimum Gasteiger partial charge on any atom is -0.508 e. The number of fused-ring (bicyclic) bond motifs is 2. The average Bonchev–Trinajstić information content (AvgIpc) is 2.60. The number of rotatable bonds is 1. The third-order valence-corrected chi connectivity index (χ3v) is 5.70. The first-order chi connectivity index (χ1) is 12.4. The van der Waals surface area contributed by atoms with E-state index in [1.54, 1.807) is 23.9 Å². The molecule has 0 bridgehead atoms. The molecule has 4 rings (SSSR count). The van der Waals surface area contributed by atoms with Crippen molar-refractivity contribution in [2.75, 3.05) is 6.26 Å². The molecule has 2 aromatic carbocycles. The van der Waals surface area contributed by atoms with Crippen molar-refractivity contribution in [2.45, 2.75) is 43.9 Å². The van der Waals surface area contributed by atoms with Gasteiger partial charge in [0.2, 0.25) is 0 Å². The van der Waals surface area contributed by atoms with Crippen LogP contribution < -0.4 is 10.1 Å². The highest BCUT2D eigenvalue weighted by Gasteiger charge is 2.48. The maximum Gasteiger partial charge on any atom is 0.157 e. The molecular formula is C21H25IN2O2S. The van der Waals surface area contributed by atoms with Crippen molar-refractivity contribution in [3.8, 4) is 11.5 Å². The van der Waals surface area contributed by atoms with Gasteiger partial charge in [0, 0.05) is 23.6 Å². The molecule has 2 aromatic rings. The number of halogens is 1. The predicted molar refractivity (Wildman–Crippen MR) is 122 cm³/mol. The normalized spacial score (nSPS) is 25.4. The molecule has 0 amide bonds. The number of amidine groups is 1. The molecular weight excluding hydrogens is 471 g/mol. The lowest BCUT2D eigenvalue weighted by Gasteiger charge is -2.47. The fourth-order valence-electron chi connectivity index (χ4n) is 4.15. The molecule has 0 aromatic heterocycles. The number of thioether (sulfide) groups is 1. The van der Waals surface area contributed by atoms with Crippen LogP contribution in [0, 0.1) is 0 Å². The Balaban J connectivity index is 0.00000210. The SMILES string of the molecule is CSC1=NC2(CC(c3ccccc3)Oc3cc(O)ccc32)CC(C)(C)N1.I. The van der Waals surface area contributed by atoms with Crippen LogP contribution >= 0.6 is 35.7 Å². The molecule has 6 heteroatoms. The molecule has 27 heavy (non-hydrogen) atoms. The lowest BCUT2D eigenvalue weighted by molar-refractivity contribution is 0.103. The van der Waals surface area contributed by atoms with E-state index in [1.807, 2.05) is 30.5 Å². The molecule has 2 unspecified atom stereocenters. The van der Waals surface area contributed by atoms with Gasteiger partial charge in [0.1, 0.15) is 17.6 Å². The molecule has 0 radical (unpaired) electrons. The summed E-state index contributed by atoms with van der Waals surface area (Å²) in [5.74, 6) is 0.946. The highest BCUT2D eigenvalue weighted by molar-refractivity contribution is 14.0. The summed E-state index contributed by atoms with van der Waals surface area (Å²) in [4.78, 5) is 5.14. The Bertz CT molecular complexity index is 857. The Kier molecular flexibility index (Phi) is 5.68. The van der Waals surface area contributed by atoms with Crippen molar-refractivity contribution >= 4 is 40.9 Å². The summed E-state index contributed by atoms with van der Waals surface area (Å²) < 4.78 is 6.31. The van der Waals surface area contributed by atoms with Gasteiger partial charge in [-0.05, 0) is 44.2 Å². The van der Waals surface area contributed by atoms with E-state index in [1.165, 1.54) is 0 Å². The Morgan fingerprint density at radius 2 is 1.93 bits per heavy atom. The summed E-state index contributed by atoms with van der Waals surface area (Å²) in [6.07, 6.45) is 3.61. The van der Waals surface area contributed by atoms with Crippen molar-refractivity contribution in [1.82, 2.24) is 5.32 Å². The number of aromatic hydroxyl groups is 1. The van der Waals surface area contributed by atoms with E-state index < -0.39 is 0 Å². The fourth-order valence-corrected chi connectivity index (χ4v) is 4.80. The number of benzene rings is 2. The Hall–Kier alpha value is -1.41. The second-order valence-electron chi connectivity index (χ2n) is 7.74. The number of nitrogens with one attached hydrogen (secondary N) is 1. The third kappa shape index (κ3) is 3.92. The van der Waals surface area contributed by atoms with E-state index in [-0.39, 0.29) is 46.9 Å². The first kappa shape index (κ1) is 20.3. The summed E-state index contributed by atoms with van der Waals surface area (Å²) in [6.45, 7) is 4.43. The lowest BCUT2D eigenvalue weighted by atomic mass is 9.72. The molecule has 2 heterocycles. The first-order valence-electron chi connectivity index (χ1n) is 8.88. The van der Waals surface area contributed by atoms with Crippen molar-refractivity contribution in [2.24, 2.45) is 4.99 Å². The van der Waals surface area contributed by atoms with Gasteiger partial charge >= 0.3 is 0 Å². The summed E-state index contributed by atoms with van der Waals surface area (Å²) in [7, 11) is 0. The summed E-state index contributed by atoms with van der Waals surface area (Å²) >= 11 is 1.64. The number of hydrogen-bond donors (Lipinski definition) is 2. The van der Waals surface area contributed by atoms with Crippen LogP contribution in [0.4, 0.5) is 0 Å². The molecule has 0 fully saturated rings. The summed E-state index contributed by atoms with van der Waals surface area (Å²) in [5, 5.41) is 14.5. The van der Waals surface area contributed by atoms with Gasteiger partial charge < -0.3 is 15.2 Å². The zero-order chi connectivity index (χ0) is 18.4. The molecule has 2 atom stereocenters. The van der Waals surface area contributed by atoms with Crippen LogP contribution in [0.25, 0.3) is 0 Å². The molecule has 0 aliphatic carbocycles. The van der Waals surface area contributed by atoms with Gasteiger partial charge in [-0.15, -0.1) is 24.0 Å². The number of phenols is 1. The topological polar surface area (TPSA) is 53.9 Å². The molecule has 2 aliphatic heterocycles. The standard InChI is InChI=1S/C21H24N2O2S.HI/c1-20(2)13-21(23-19(22-20)26-3)12-18(14-7-5-4-6-8-14)25-17-11-15(24)9-10-16(17)21;/h4-11,18,24H,12-13H2,1-3H3,(H,22,23);1H. The van der Waals surface area contributed by atoms with E-state index in [0.717, 1.165) is 34.9 Å². The van der Waals surface area contributed by atoms with Crippen LogP contribution in [-0.4, -0.2) is 22.1 Å². The summed E-state index contributed by atoms with van der Waals surface area (Å²) in [5.41, 5.74) is 1.75. The molecule has 0 saturated carbocycles. The predicted octanol–water partition coefficient (Wildman–Crippen LogP) is 5.22. The van der Waals surface area contributed by atoms with Gasteiger partial charge in [0.25, 0.3) is 0 Å². The van der Waals surface area contributed by atoms with Gasteiger partial charge in [0.05, 0.1) is 5.54 Å². The first-order valence-corrected chi connectivity index (χ1v) is 10.1. The highest BCUT2D eigenvalue weighted by Crippen LogP contribution is 2.52. The van der Waals surface area contributed by atoms with Gasteiger partial charge in [-0.3, -0.25) is 4.99 Å². The Morgan fingerprint density at radius 1 is 1.19 bits per heavy atom. The maximum atomic E-state index is 10.0. The average molecular weight is 496 g/mol. The number of aliphatic imine (C=N–C) groups is 1. The number of nitrogens with zero attached hydrogens (tertiary/aromatic N) is 1. The Labute approximate surface area is 181 Å². The van der Waals surface area contributed by atoms with Crippen molar-refractivity contribution in [1.29, 1.82) is 0 Å². The van der Waals surface area contributed by atoms with E-state index in [0.29, 0.717) is 0 Å². The quantitative estimate of drug-likeness (QED) is 0.532. The second kappa shape index (κ2) is 7.54. The smallest absolute Gasteiger partial charge is 0.157 e. The third-order valence-electron chi connectivity index (χ3n) is 5.12. The van der Waals surface area contributed by atoms with Crippen LogP contribution in [0.2, 0.25) is 0 Å². The molecule has 2 aliphatic rings. The zero-order valence-corrected chi connectivity index (χ0v) is 18.9. The van der Waals surface area contributed by atoms with Crippen molar-refractivity contribution < 1.29 is 9.84 Å². The summed E-state index contributed by atoms with van der Waals surface area (Å²) in [6, 6.07) is 15.7. The second-order valence-corrected chi connectivity index (χ2v) is 8.54. The number of hydrogen-bond acceptors (Lipinski definition) is 5. The van der Waals surface area contributed by atoms with E-state index in [2.05, 4.69) is 31.3 Å². The minimum atomic E-state index is -0.366. The van der Waals surface area contributed by atoms with Gasteiger partial charge in [-0.25, -0.2) is 0 Å². The van der Waals surface area contributed by atoms with E-state index >= 15 is 0 Å². The molecule has 144 valence electrons. The monoisotopic (exact) mass is 496 g/mol. The van der Waals surface area contributed by atoms with E-state index in [9.17, 15) is 5.11 Å². The van der Waals surface area contributed by atoms with Crippen LogP contribution in [0.1, 0.15) is 43.9 Å². The lowest BCUT2D eigenvalue weighted by Crippen LogP contribution is -2.53.